The van der Waals surface area contributed by atoms with Gasteiger partial charge in [-0.3, -0.25) is 0 Å². The van der Waals surface area contributed by atoms with Crippen LogP contribution in [-0.2, 0) is 0 Å². The summed E-state index contributed by atoms with van der Waals surface area (Å²) < 4.78 is 0. The number of hydrogen-bond acceptors (Lipinski definition) is 0. The molecule has 0 aromatic heterocycles. The van der Waals surface area contributed by atoms with Gasteiger partial charge in [-0.1, -0.05) is 50.7 Å². The molecule has 1 unspecified atom stereocenters. The highest BCUT2D eigenvalue weighted by Crippen LogP contribution is 2.13. The zero-order valence-electron chi connectivity index (χ0n) is 7.94. The van der Waals surface area contributed by atoms with Gasteiger partial charge in [0.15, 0.2) is 0 Å². The van der Waals surface area contributed by atoms with Crippen LogP contribution in [0.5, 0.6) is 0 Å². The van der Waals surface area contributed by atoms with E-state index in [0.29, 0.717) is 17.6 Å². The minimum Gasteiger partial charge on any atom is -0.0682 e. The first kappa shape index (κ1) is 9.74. The SMILES string of the molecule is CCCCCC[SiH]1CC[SiH2][SiH2]1. The van der Waals surface area contributed by atoms with E-state index in [-0.39, 0.29) is 8.31 Å². The Hall–Kier alpha value is 0.651. The molecule has 1 atom stereocenters. The zero-order chi connectivity index (χ0) is 7.94. The van der Waals surface area contributed by atoms with Crippen molar-refractivity contribution in [3.63, 3.8) is 0 Å². The Bertz CT molecular complexity index is 89.3. The average molecular weight is 203 g/mol. The van der Waals surface area contributed by atoms with Gasteiger partial charge in [0, 0.05) is 25.9 Å². The van der Waals surface area contributed by atoms with Crippen molar-refractivity contribution in [1.82, 2.24) is 0 Å². The fourth-order valence-corrected chi connectivity index (χ4v) is 31.6. The second-order valence-electron chi connectivity index (χ2n) is 4.00. The molecule has 66 valence electrons. The maximum Gasteiger partial charge on any atom is 0.0207 e. The molecule has 1 aliphatic rings. The van der Waals surface area contributed by atoms with Gasteiger partial charge in [-0.05, 0) is 0 Å². The summed E-state index contributed by atoms with van der Waals surface area (Å²) >= 11 is 0. The van der Waals surface area contributed by atoms with Crippen LogP contribution in [0.2, 0.25) is 18.1 Å². The Morgan fingerprint density at radius 1 is 1.27 bits per heavy atom. The number of unbranched alkanes of at least 4 members (excludes halogenated alkanes) is 3. The smallest absolute Gasteiger partial charge is 0.0207 e. The standard InChI is InChI=1S/C8H22Si3/c1-2-3-4-5-7-11-8-6-9-10-11/h11H,2-10H2,1H3. The first-order valence-corrected chi connectivity index (χ1v) is 15.3. The first-order valence-electron chi connectivity index (χ1n) is 5.43. The van der Waals surface area contributed by atoms with Crippen LogP contribution >= 0.6 is 0 Å². The molecule has 1 heterocycles. The maximum absolute atomic E-state index is 2.31. The summed E-state index contributed by atoms with van der Waals surface area (Å²) in [6.45, 7) is 2.31. The van der Waals surface area contributed by atoms with Crippen molar-refractivity contribution in [3.05, 3.63) is 0 Å². The van der Waals surface area contributed by atoms with Gasteiger partial charge in [0.2, 0.25) is 0 Å². The molecule has 1 aliphatic heterocycles. The molecular formula is C8H22Si3. The minimum atomic E-state index is 0.0770. The van der Waals surface area contributed by atoms with E-state index >= 15 is 0 Å². The van der Waals surface area contributed by atoms with E-state index in [2.05, 4.69) is 6.92 Å². The Kier molecular flexibility index (Phi) is 5.49. The van der Waals surface area contributed by atoms with Crippen molar-refractivity contribution < 1.29 is 0 Å². The highest BCUT2D eigenvalue weighted by Gasteiger charge is 2.16. The lowest BCUT2D eigenvalue weighted by Crippen LogP contribution is -2.17. The van der Waals surface area contributed by atoms with Gasteiger partial charge >= 0.3 is 0 Å². The molecule has 0 radical (unpaired) electrons. The van der Waals surface area contributed by atoms with Crippen molar-refractivity contribution in [2.75, 3.05) is 0 Å². The van der Waals surface area contributed by atoms with Crippen molar-refractivity contribution in [2.24, 2.45) is 0 Å². The first-order chi connectivity index (χ1) is 5.43. The Labute approximate surface area is 77.0 Å². The van der Waals surface area contributed by atoms with Crippen LogP contribution in [0.4, 0.5) is 0 Å². The topological polar surface area (TPSA) is 0 Å². The maximum atomic E-state index is 2.31. The summed E-state index contributed by atoms with van der Waals surface area (Å²) in [5, 5.41) is 0. The summed E-state index contributed by atoms with van der Waals surface area (Å²) in [5.74, 6) is 0. The molecule has 0 spiro atoms. The van der Waals surface area contributed by atoms with E-state index in [9.17, 15) is 0 Å². The molecule has 1 fully saturated rings. The molecule has 0 aromatic carbocycles. The third-order valence-electron chi connectivity index (χ3n) is 2.94. The molecule has 1 rings (SSSR count). The van der Waals surface area contributed by atoms with Gasteiger partial charge in [0.05, 0.1) is 0 Å². The highest BCUT2D eigenvalue weighted by molar-refractivity contribution is 7.38. The van der Waals surface area contributed by atoms with Crippen LogP contribution < -0.4 is 0 Å². The lowest BCUT2D eigenvalue weighted by molar-refractivity contribution is 0.699. The molecule has 3 heteroatoms. The van der Waals surface area contributed by atoms with Gasteiger partial charge in [0.25, 0.3) is 0 Å². The van der Waals surface area contributed by atoms with Crippen molar-refractivity contribution in [2.45, 2.75) is 50.7 Å². The van der Waals surface area contributed by atoms with Crippen LogP contribution in [0.3, 0.4) is 0 Å². The lowest BCUT2D eigenvalue weighted by Gasteiger charge is -2.05. The molecule has 0 aromatic rings. The van der Waals surface area contributed by atoms with Crippen LogP contribution in [0, 0.1) is 0 Å². The van der Waals surface area contributed by atoms with E-state index < -0.39 is 0 Å². The van der Waals surface area contributed by atoms with Gasteiger partial charge in [-0.25, -0.2) is 0 Å². The van der Waals surface area contributed by atoms with E-state index in [1.165, 1.54) is 12.8 Å². The van der Waals surface area contributed by atoms with Crippen LogP contribution in [-0.4, -0.2) is 25.9 Å². The Balaban J connectivity index is 1.86. The third-order valence-corrected chi connectivity index (χ3v) is 27.0. The molecule has 0 amide bonds. The molecule has 1 saturated heterocycles. The second kappa shape index (κ2) is 6.20. The van der Waals surface area contributed by atoms with Gasteiger partial charge in [-0.2, -0.15) is 0 Å². The average Bonchev–Trinajstić information content (AvgIpc) is 2.50. The largest absolute Gasteiger partial charge is 0.0682 e. The quantitative estimate of drug-likeness (QED) is 0.461. The van der Waals surface area contributed by atoms with E-state index in [0.717, 1.165) is 0 Å². The van der Waals surface area contributed by atoms with E-state index in [1.807, 2.05) is 0 Å². The van der Waals surface area contributed by atoms with Crippen molar-refractivity contribution >= 4 is 25.9 Å². The molecule has 0 nitrogen and oxygen atoms in total. The molecule has 0 N–H and O–H groups in total. The number of rotatable bonds is 5. The fourth-order valence-electron chi connectivity index (χ4n) is 2.16. The van der Waals surface area contributed by atoms with E-state index in [1.54, 1.807) is 31.0 Å². The van der Waals surface area contributed by atoms with Crippen LogP contribution in [0.1, 0.15) is 32.6 Å². The van der Waals surface area contributed by atoms with Crippen molar-refractivity contribution in [3.8, 4) is 0 Å². The minimum absolute atomic E-state index is 0.0770. The molecule has 0 bridgehead atoms. The molecular weight excluding hydrogens is 180 g/mol. The predicted molar refractivity (Wildman–Crippen MR) is 62.8 cm³/mol. The monoisotopic (exact) mass is 202 g/mol. The van der Waals surface area contributed by atoms with Gasteiger partial charge < -0.3 is 0 Å². The molecule has 0 aliphatic carbocycles. The summed E-state index contributed by atoms with van der Waals surface area (Å²) in [6, 6.07) is 5.33. The predicted octanol–water partition coefficient (Wildman–Crippen LogP) is 0.975. The van der Waals surface area contributed by atoms with Crippen LogP contribution in [0.25, 0.3) is 0 Å². The molecule has 0 saturated carbocycles. The Morgan fingerprint density at radius 2 is 2.18 bits per heavy atom. The highest BCUT2D eigenvalue weighted by atomic mass is 29.5. The summed E-state index contributed by atoms with van der Waals surface area (Å²) in [7, 11) is 1.43. The Morgan fingerprint density at radius 3 is 2.82 bits per heavy atom. The van der Waals surface area contributed by atoms with Gasteiger partial charge in [-0.15, -0.1) is 0 Å². The zero-order valence-corrected chi connectivity index (χ0v) is 11.9. The summed E-state index contributed by atoms with van der Waals surface area (Å²) in [6.07, 6.45) is 6.08. The normalized spacial score (nSPS) is 28.6. The number of hydrogen-bond donors (Lipinski definition) is 0. The van der Waals surface area contributed by atoms with Crippen molar-refractivity contribution in [1.29, 1.82) is 0 Å². The third kappa shape index (κ3) is 4.28. The van der Waals surface area contributed by atoms with Gasteiger partial charge in [0.1, 0.15) is 0 Å². The fraction of sp³-hybridized carbons (Fsp3) is 1.00. The second-order valence-corrected chi connectivity index (χ2v) is 21.4. The van der Waals surface area contributed by atoms with Crippen LogP contribution in [0.15, 0.2) is 0 Å². The lowest BCUT2D eigenvalue weighted by atomic mass is 10.2. The molecule has 11 heavy (non-hydrogen) atoms. The summed E-state index contributed by atoms with van der Waals surface area (Å²) in [4.78, 5) is 0. The van der Waals surface area contributed by atoms with E-state index in [4.69, 9.17) is 0 Å². The summed E-state index contributed by atoms with van der Waals surface area (Å²) in [5.41, 5.74) is 0.